The summed E-state index contributed by atoms with van der Waals surface area (Å²) in [6, 6.07) is 5.05. The normalized spacial score (nSPS) is 17.9. The molecule has 1 N–H and O–H groups in total. The Morgan fingerprint density at radius 1 is 1.33 bits per heavy atom. The van der Waals surface area contributed by atoms with Crippen LogP contribution in [0.1, 0.15) is 45.1 Å². The molecule has 1 aliphatic carbocycles. The van der Waals surface area contributed by atoms with Crippen molar-refractivity contribution in [1.82, 2.24) is 15.2 Å². The van der Waals surface area contributed by atoms with Crippen molar-refractivity contribution in [3.8, 4) is 0 Å². The van der Waals surface area contributed by atoms with E-state index in [0.717, 1.165) is 25.6 Å². The zero-order valence-corrected chi connectivity index (χ0v) is 13.9. The van der Waals surface area contributed by atoms with Crippen molar-refractivity contribution in [2.24, 2.45) is 5.41 Å². The van der Waals surface area contributed by atoms with Gasteiger partial charge in [-0.05, 0) is 55.8 Å². The highest BCUT2D eigenvalue weighted by Gasteiger charge is 2.28. The van der Waals surface area contributed by atoms with Gasteiger partial charge in [0.2, 0.25) is 0 Å². The molecule has 1 atom stereocenters. The molecule has 1 unspecified atom stereocenters. The van der Waals surface area contributed by atoms with E-state index in [1.165, 1.54) is 37.8 Å². The van der Waals surface area contributed by atoms with Crippen LogP contribution in [0.5, 0.6) is 0 Å². The fourth-order valence-corrected chi connectivity index (χ4v) is 3.11. The van der Waals surface area contributed by atoms with Gasteiger partial charge in [0.1, 0.15) is 0 Å². The van der Waals surface area contributed by atoms with E-state index in [2.05, 4.69) is 48.2 Å². The molecule has 1 heterocycles. The summed E-state index contributed by atoms with van der Waals surface area (Å²) in [7, 11) is 2.26. The smallest absolute Gasteiger partial charge is 0.0270 e. The number of nitrogens with one attached hydrogen (secondary N) is 1. The van der Waals surface area contributed by atoms with Gasteiger partial charge in [0.05, 0.1) is 0 Å². The van der Waals surface area contributed by atoms with Crippen LogP contribution in [0.25, 0.3) is 0 Å². The number of pyridine rings is 1. The van der Waals surface area contributed by atoms with Crippen LogP contribution in [-0.4, -0.2) is 42.6 Å². The first-order valence-electron chi connectivity index (χ1n) is 8.42. The number of hydrogen-bond acceptors (Lipinski definition) is 3. The minimum absolute atomic E-state index is 0.393. The number of nitrogens with zero attached hydrogens (tertiary/aromatic N) is 2. The number of aromatic nitrogens is 1. The maximum absolute atomic E-state index is 4.08. The second-order valence-corrected chi connectivity index (χ2v) is 7.06. The van der Waals surface area contributed by atoms with E-state index >= 15 is 0 Å². The van der Waals surface area contributed by atoms with Gasteiger partial charge in [-0.15, -0.1) is 0 Å². The number of rotatable bonds is 10. The maximum Gasteiger partial charge on any atom is 0.0270 e. The molecule has 3 nitrogen and oxygen atoms in total. The van der Waals surface area contributed by atoms with Crippen LogP contribution in [0.2, 0.25) is 0 Å². The Morgan fingerprint density at radius 2 is 2.05 bits per heavy atom. The summed E-state index contributed by atoms with van der Waals surface area (Å²) < 4.78 is 0. The fourth-order valence-electron chi connectivity index (χ4n) is 3.11. The van der Waals surface area contributed by atoms with E-state index in [0.29, 0.717) is 5.41 Å². The molecular formula is C18H31N3. The third-order valence-corrected chi connectivity index (χ3v) is 4.43. The van der Waals surface area contributed by atoms with Gasteiger partial charge in [0.25, 0.3) is 0 Å². The number of hydrogen-bond donors (Lipinski definition) is 1. The standard InChI is InChI=1S/C18H31N3/c1-4-10-18(2,14-20-17-5-6-17)15-21(3)13-9-16-7-11-19-12-8-16/h7-8,11-12,17,20H,4-6,9-10,13-15H2,1-3H3. The summed E-state index contributed by atoms with van der Waals surface area (Å²) in [6.07, 6.45) is 10.2. The van der Waals surface area contributed by atoms with E-state index in [-0.39, 0.29) is 0 Å². The van der Waals surface area contributed by atoms with Crippen molar-refractivity contribution < 1.29 is 0 Å². The van der Waals surface area contributed by atoms with Crippen LogP contribution < -0.4 is 5.32 Å². The van der Waals surface area contributed by atoms with Crippen LogP contribution in [0.4, 0.5) is 0 Å². The quantitative estimate of drug-likeness (QED) is 0.717. The van der Waals surface area contributed by atoms with Crippen LogP contribution in [0.15, 0.2) is 24.5 Å². The Hall–Kier alpha value is -0.930. The number of likely N-dealkylation sites (N-methyl/N-ethyl adjacent to an activating group) is 1. The lowest BCUT2D eigenvalue weighted by molar-refractivity contribution is 0.173. The van der Waals surface area contributed by atoms with Crippen molar-refractivity contribution in [3.63, 3.8) is 0 Å². The summed E-state index contributed by atoms with van der Waals surface area (Å²) in [5.41, 5.74) is 1.77. The molecule has 1 fully saturated rings. The molecule has 0 bridgehead atoms. The minimum Gasteiger partial charge on any atom is -0.313 e. The molecule has 0 spiro atoms. The molecular weight excluding hydrogens is 258 g/mol. The van der Waals surface area contributed by atoms with Gasteiger partial charge < -0.3 is 10.2 Å². The van der Waals surface area contributed by atoms with E-state index in [9.17, 15) is 0 Å². The highest BCUT2D eigenvalue weighted by Crippen LogP contribution is 2.26. The van der Waals surface area contributed by atoms with Crippen LogP contribution in [0, 0.1) is 5.41 Å². The van der Waals surface area contributed by atoms with E-state index in [4.69, 9.17) is 0 Å². The molecule has 0 saturated heterocycles. The molecule has 21 heavy (non-hydrogen) atoms. The summed E-state index contributed by atoms with van der Waals surface area (Å²) >= 11 is 0. The first kappa shape index (κ1) is 16.4. The zero-order valence-electron chi connectivity index (χ0n) is 13.9. The van der Waals surface area contributed by atoms with Crippen LogP contribution >= 0.6 is 0 Å². The van der Waals surface area contributed by atoms with E-state index in [1.807, 2.05) is 12.4 Å². The van der Waals surface area contributed by atoms with Crippen LogP contribution in [0.3, 0.4) is 0 Å². The average molecular weight is 289 g/mol. The van der Waals surface area contributed by atoms with Crippen molar-refractivity contribution >= 4 is 0 Å². The molecule has 3 heteroatoms. The lowest BCUT2D eigenvalue weighted by Crippen LogP contribution is -2.42. The predicted octanol–water partition coefficient (Wildman–Crippen LogP) is 3.11. The minimum atomic E-state index is 0.393. The molecule has 0 amide bonds. The summed E-state index contributed by atoms with van der Waals surface area (Å²) in [4.78, 5) is 6.57. The average Bonchev–Trinajstić information content (AvgIpc) is 3.29. The molecule has 1 aliphatic rings. The van der Waals surface area contributed by atoms with Gasteiger partial charge >= 0.3 is 0 Å². The molecule has 1 aromatic rings. The Balaban J connectivity index is 1.77. The molecule has 2 rings (SSSR count). The van der Waals surface area contributed by atoms with Gasteiger partial charge in [0, 0.05) is 38.1 Å². The van der Waals surface area contributed by atoms with Gasteiger partial charge in [-0.1, -0.05) is 20.3 Å². The van der Waals surface area contributed by atoms with Crippen molar-refractivity contribution in [3.05, 3.63) is 30.1 Å². The topological polar surface area (TPSA) is 28.2 Å². The predicted molar refractivity (Wildman–Crippen MR) is 89.5 cm³/mol. The highest BCUT2D eigenvalue weighted by molar-refractivity contribution is 5.09. The lowest BCUT2D eigenvalue weighted by atomic mass is 9.84. The third kappa shape index (κ3) is 6.15. The van der Waals surface area contributed by atoms with Gasteiger partial charge in [-0.25, -0.2) is 0 Å². The third-order valence-electron chi connectivity index (χ3n) is 4.43. The largest absolute Gasteiger partial charge is 0.313 e. The van der Waals surface area contributed by atoms with Crippen molar-refractivity contribution in [2.45, 2.75) is 52.0 Å². The van der Waals surface area contributed by atoms with Gasteiger partial charge in [-0.2, -0.15) is 0 Å². The highest BCUT2D eigenvalue weighted by atomic mass is 15.1. The Morgan fingerprint density at radius 3 is 2.67 bits per heavy atom. The summed E-state index contributed by atoms with van der Waals surface area (Å²) in [6.45, 7) is 8.19. The second kappa shape index (κ2) is 7.90. The Labute approximate surface area is 130 Å². The van der Waals surface area contributed by atoms with Gasteiger partial charge in [-0.3, -0.25) is 4.98 Å². The molecule has 1 aromatic heterocycles. The van der Waals surface area contributed by atoms with Gasteiger partial charge in [0.15, 0.2) is 0 Å². The molecule has 0 aromatic carbocycles. The lowest BCUT2D eigenvalue weighted by Gasteiger charge is -2.34. The molecule has 0 aliphatic heterocycles. The SMILES string of the molecule is CCCC(C)(CNC1CC1)CN(C)CCc1ccncc1. The maximum atomic E-state index is 4.08. The molecule has 118 valence electrons. The van der Waals surface area contributed by atoms with E-state index in [1.54, 1.807) is 0 Å². The van der Waals surface area contributed by atoms with Crippen LogP contribution in [-0.2, 0) is 6.42 Å². The Bertz CT molecular complexity index is 402. The zero-order chi connectivity index (χ0) is 15.1. The summed E-state index contributed by atoms with van der Waals surface area (Å²) in [5.74, 6) is 0. The summed E-state index contributed by atoms with van der Waals surface area (Å²) in [5, 5.41) is 3.73. The molecule has 0 radical (unpaired) electrons. The van der Waals surface area contributed by atoms with E-state index < -0.39 is 0 Å². The molecule has 1 saturated carbocycles. The first-order chi connectivity index (χ1) is 10.1. The second-order valence-electron chi connectivity index (χ2n) is 7.06. The fraction of sp³-hybridized carbons (Fsp3) is 0.722. The van der Waals surface area contributed by atoms with Crippen molar-refractivity contribution in [2.75, 3.05) is 26.7 Å². The first-order valence-corrected chi connectivity index (χ1v) is 8.42. The monoisotopic (exact) mass is 289 g/mol. The Kier molecular flexibility index (Phi) is 6.19. The van der Waals surface area contributed by atoms with Crippen molar-refractivity contribution in [1.29, 1.82) is 0 Å².